The van der Waals surface area contributed by atoms with E-state index >= 15 is 0 Å². The maximum Gasteiger partial charge on any atom is 0.0849 e. The molecule has 1 aliphatic rings. The summed E-state index contributed by atoms with van der Waals surface area (Å²) < 4.78 is 0. The van der Waals surface area contributed by atoms with Gasteiger partial charge in [0, 0.05) is 19.6 Å². The molecular formula is C22H26N2. The number of nitriles is 1. The number of hydrogen-bond acceptors (Lipinski definition) is 2. The summed E-state index contributed by atoms with van der Waals surface area (Å²) in [6.07, 6.45) is 4.04. The molecule has 0 atom stereocenters. The Hall–Kier alpha value is -2.11. The molecule has 0 amide bonds. The number of benzene rings is 2. The molecule has 1 saturated heterocycles. The standard InChI is InChI=1S/C22H26N2/c1-2-8-20-11-6-7-12-21(20)22(18-23)13-15-24(16-14-22)17-19-9-4-3-5-10-19/h3-7,9-12H,2,8,13-17H2,1H3. The van der Waals surface area contributed by atoms with E-state index < -0.39 is 0 Å². The fourth-order valence-corrected chi connectivity index (χ4v) is 3.85. The third-order valence-electron chi connectivity index (χ3n) is 5.22. The van der Waals surface area contributed by atoms with Crippen molar-refractivity contribution in [3.8, 4) is 6.07 Å². The van der Waals surface area contributed by atoms with E-state index in [1.807, 2.05) is 0 Å². The molecule has 0 aromatic heterocycles. The second-order valence-corrected chi connectivity index (χ2v) is 6.86. The normalized spacial score (nSPS) is 17.3. The van der Waals surface area contributed by atoms with Crippen molar-refractivity contribution in [3.05, 3.63) is 71.3 Å². The van der Waals surface area contributed by atoms with Crippen LogP contribution in [0.1, 0.15) is 42.9 Å². The van der Waals surface area contributed by atoms with Gasteiger partial charge in [0.15, 0.2) is 0 Å². The third-order valence-corrected chi connectivity index (χ3v) is 5.22. The van der Waals surface area contributed by atoms with E-state index in [0.29, 0.717) is 0 Å². The SMILES string of the molecule is CCCc1ccccc1C1(C#N)CCN(Cc2ccccc2)CC1. The Morgan fingerprint density at radius 2 is 1.67 bits per heavy atom. The van der Waals surface area contributed by atoms with Crippen LogP contribution in [-0.4, -0.2) is 18.0 Å². The molecular weight excluding hydrogens is 292 g/mol. The van der Waals surface area contributed by atoms with E-state index in [4.69, 9.17) is 0 Å². The Labute approximate surface area is 145 Å². The molecule has 1 aliphatic heterocycles. The zero-order chi connectivity index (χ0) is 16.8. The molecule has 3 rings (SSSR count). The minimum absolute atomic E-state index is 0.307. The van der Waals surface area contributed by atoms with Crippen molar-refractivity contribution in [1.82, 2.24) is 4.90 Å². The zero-order valence-corrected chi connectivity index (χ0v) is 14.5. The molecule has 0 aliphatic carbocycles. The van der Waals surface area contributed by atoms with Crippen molar-refractivity contribution in [2.24, 2.45) is 0 Å². The summed E-state index contributed by atoms with van der Waals surface area (Å²) in [5.41, 5.74) is 3.68. The summed E-state index contributed by atoms with van der Waals surface area (Å²) in [6, 6.07) is 21.9. The summed E-state index contributed by atoms with van der Waals surface area (Å²) >= 11 is 0. The van der Waals surface area contributed by atoms with Gasteiger partial charge in [-0.3, -0.25) is 4.90 Å². The predicted octanol–water partition coefficient (Wildman–Crippen LogP) is 4.70. The zero-order valence-electron chi connectivity index (χ0n) is 14.5. The van der Waals surface area contributed by atoms with Crippen LogP contribution in [0.15, 0.2) is 54.6 Å². The van der Waals surface area contributed by atoms with Crippen molar-refractivity contribution in [2.75, 3.05) is 13.1 Å². The van der Waals surface area contributed by atoms with E-state index in [9.17, 15) is 5.26 Å². The molecule has 2 aromatic rings. The first-order chi connectivity index (χ1) is 11.8. The van der Waals surface area contributed by atoms with Gasteiger partial charge in [0.25, 0.3) is 0 Å². The van der Waals surface area contributed by atoms with Crippen molar-refractivity contribution in [2.45, 2.75) is 44.6 Å². The van der Waals surface area contributed by atoms with E-state index in [0.717, 1.165) is 45.3 Å². The third kappa shape index (κ3) is 3.52. The fourth-order valence-electron chi connectivity index (χ4n) is 3.85. The highest BCUT2D eigenvalue weighted by Gasteiger charge is 2.37. The average molecular weight is 318 g/mol. The van der Waals surface area contributed by atoms with Gasteiger partial charge in [0.05, 0.1) is 11.5 Å². The first-order valence-corrected chi connectivity index (χ1v) is 9.03. The number of aryl methyl sites for hydroxylation is 1. The Bertz CT molecular complexity index is 691. The minimum Gasteiger partial charge on any atom is -0.299 e. The van der Waals surface area contributed by atoms with Crippen LogP contribution in [0.2, 0.25) is 0 Å². The quantitative estimate of drug-likeness (QED) is 0.799. The lowest BCUT2D eigenvalue weighted by Gasteiger charge is -2.38. The summed E-state index contributed by atoms with van der Waals surface area (Å²) in [4.78, 5) is 2.48. The molecule has 2 aromatic carbocycles. The van der Waals surface area contributed by atoms with Crippen LogP contribution in [0, 0.1) is 11.3 Å². The van der Waals surface area contributed by atoms with Gasteiger partial charge in [0.2, 0.25) is 0 Å². The Morgan fingerprint density at radius 1 is 1.00 bits per heavy atom. The second kappa shape index (κ2) is 7.64. The fraction of sp³-hybridized carbons (Fsp3) is 0.409. The minimum atomic E-state index is -0.307. The summed E-state index contributed by atoms with van der Waals surface area (Å²) in [6.45, 7) is 5.17. The highest BCUT2D eigenvalue weighted by atomic mass is 15.1. The molecule has 2 heteroatoms. The Kier molecular flexibility index (Phi) is 5.33. The lowest BCUT2D eigenvalue weighted by Crippen LogP contribution is -2.42. The molecule has 0 N–H and O–H groups in total. The highest BCUT2D eigenvalue weighted by Crippen LogP contribution is 2.37. The van der Waals surface area contributed by atoms with Crippen molar-refractivity contribution >= 4 is 0 Å². The van der Waals surface area contributed by atoms with Gasteiger partial charge in [-0.05, 0) is 36.0 Å². The topological polar surface area (TPSA) is 27.0 Å². The van der Waals surface area contributed by atoms with E-state index in [1.165, 1.54) is 16.7 Å². The Balaban J connectivity index is 1.74. The molecule has 0 bridgehead atoms. The average Bonchev–Trinajstić information content (AvgIpc) is 2.64. The first kappa shape index (κ1) is 16.7. The van der Waals surface area contributed by atoms with Gasteiger partial charge in [-0.1, -0.05) is 67.9 Å². The van der Waals surface area contributed by atoms with Crippen LogP contribution in [0.5, 0.6) is 0 Å². The van der Waals surface area contributed by atoms with Crippen LogP contribution < -0.4 is 0 Å². The first-order valence-electron chi connectivity index (χ1n) is 9.03. The number of piperidine rings is 1. The lowest BCUT2D eigenvalue weighted by atomic mass is 9.72. The van der Waals surface area contributed by atoms with E-state index in [1.54, 1.807) is 0 Å². The second-order valence-electron chi connectivity index (χ2n) is 6.86. The summed E-state index contributed by atoms with van der Waals surface area (Å²) in [5.74, 6) is 0. The van der Waals surface area contributed by atoms with Crippen LogP contribution in [0.4, 0.5) is 0 Å². The molecule has 0 saturated carbocycles. The van der Waals surface area contributed by atoms with Gasteiger partial charge in [-0.25, -0.2) is 0 Å². The molecule has 0 radical (unpaired) electrons. The molecule has 0 unspecified atom stereocenters. The van der Waals surface area contributed by atoms with E-state index in [2.05, 4.69) is 72.5 Å². The number of hydrogen-bond donors (Lipinski definition) is 0. The van der Waals surface area contributed by atoms with Crippen LogP contribution in [0.25, 0.3) is 0 Å². The van der Waals surface area contributed by atoms with Gasteiger partial charge in [-0.15, -0.1) is 0 Å². The summed E-state index contributed by atoms with van der Waals surface area (Å²) in [7, 11) is 0. The molecule has 124 valence electrons. The lowest BCUT2D eigenvalue weighted by molar-refractivity contribution is 0.178. The van der Waals surface area contributed by atoms with Gasteiger partial charge < -0.3 is 0 Å². The monoisotopic (exact) mass is 318 g/mol. The largest absolute Gasteiger partial charge is 0.299 e. The van der Waals surface area contributed by atoms with Crippen molar-refractivity contribution < 1.29 is 0 Å². The summed E-state index contributed by atoms with van der Waals surface area (Å²) in [5, 5.41) is 10.00. The molecule has 0 spiro atoms. The predicted molar refractivity (Wildman–Crippen MR) is 98.7 cm³/mol. The van der Waals surface area contributed by atoms with Gasteiger partial charge >= 0.3 is 0 Å². The number of rotatable bonds is 5. The van der Waals surface area contributed by atoms with E-state index in [-0.39, 0.29) is 5.41 Å². The van der Waals surface area contributed by atoms with Crippen LogP contribution in [-0.2, 0) is 18.4 Å². The maximum absolute atomic E-state index is 10.00. The number of nitrogens with zero attached hydrogens (tertiary/aromatic N) is 2. The number of likely N-dealkylation sites (tertiary alicyclic amines) is 1. The van der Waals surface area contributed by atoms with Crippen LogP contribution in [0.3, 0.4) is 0 Å². The van der Waals surface area contributed by atoms with Gasteiger partial charge in [0.1, 0.15) is 0 Å². The van der Waals surface area contributed by atoms with Crippen molar-refractivity contribution in [3.63, 3.8) is 0 Å². The van der Waals surface area contributed by atoms with Crippen molar-refractivity contribution in [1.29, 1.82) is 5.26 Å². The van der Waals surface area contributed by atoms with Gasteiger partial charge in [-0.2, -0.15) is 5.26 Å². The highest BCUT2D eigenvalue weighted by molar-refractivity contribution is 5.40. The molecule has 1 fully saturated rings. The maximum atomic E-state index is 10.00. The molecule has 1 heterocycles. The molecule has 2 nitrogen and oxygen atoms in total. The smallest absolute Gasteiger partial charge is 0.0849 e. The van der Waals surface area contributed by atoms with Crippen LogP contribution >= 0.6 is 0 Å². The molecule has 24 heavy (non-hydrogen) atoms. The Morgan fingerprint density at radius 3 is 2.33 bits per heavy atom.